The molecule has 0 amide bonds. The summed E-state index contributed by atoms with van der Waals surface area (Å²) in [6.45, 7) is 9.50. The zero-order valence-corrected chi connectivity index (χ0v) is 41.9. The summed E-state index contributed by atoms with van der Waals surface area (Å²) in [6.07, 6.45) is 0. The van der Waals surface area contributed by atoms with Crippen LogP contribution in [-0.4, -0.2) is 15.0 Å². The van der Waals surface area contributed by atoms with Gasteiger partial charge in [0.05, 0.1) is 0 Å². The smallest absolute Gasteiger partial charge is 0.164 e. The molecule has 1 heterocycles. The van der Waals surface area contributed by atoms with Gasteiger partial charge >= 0.3 is 0 Å². The quantitative estimate of drug-likeness (QED) is 0.160. The summed E-state index contributed by atoms with van der Waals surface area (Å²) in [4.78, 5) is 16.2. The Morgan fingerprint density at radius 2 is 0.541 bits per heavy atom. The Morgan fingerprint density at radius 1 is 0.230 bits per heavy atom. The summed E-state index contributed by atoms with van der Waals surface area (Å²) in [5.41, 5.74) is 22.2. The van der Waals surface area contributed by atoms with Crippen LogP contribution in [0.25, 0.3) is 122 Å². The topological polar surface area (TPSA) is 38.7 Å². The van der Waals surface area contributed by atoms with E-state index >= 15 is 0 Å². The van der Waals surface area contributed by atoms with E-state index in [1.54, 1.807) is 0 Å². The van der Waals surface area contributed by atoms with Gasteiger partial charge in [-0.2, -0.15) is 0 Å². The summed E-state index contributed by atoms with van der Waals surface area (Å²) in [5.74, 6) is 1.85. The third kappa shape index (κ3) is 6.91. The maximum atomic E-state index is 5.45. The average molecular weight is 946 g/mol. The second-order valence-corrected chi connectivity index (χ2v) is 21.1. The van der Waals surface area contributed by atoms with E-state index in [-0.39, 0.29) is 10.8 Å². The second kappa shape index (κ2) is 16.8. The number of fused-ring (bicyclic) bond motifs is 10. The lowest BCUT2D eigenvalue weighted by molar-refractivity contribution is 0.661. The highest BCUT2D eigenvalue weighted by atomic mass is 15.0. The van der Waals surface area contributed by atoms with Crippen molar-refractivity contribution in [3.8, 4) is 101 Å². The molecule has 350 valence electrons. The largest absolute Gasteiger partial charge is 0.208 e. The SMILES string of the molecule is CC1(C)c2ccccc2-c2c1cc(-c1cc(-c3nc(-c4ccc(-c5ccccc5)cc4)nc(-c4ccc(-c5ccccc5)cc4)n3)cc(-c3cc4c(c5ccccc35)-c3ccccc3C4(C)C)c1)c1ccccc21. The predicted octanol–water partition coefficient (Wildman–Crippen LogP) is 18.5. The van der Waals surface area contributed by atoms with Crippen LogP contribution in [0.15, 0.2) is 237 Å². The van der Waals surface area contributed by atoms with E-state index in [1.165, 1.54) is 77.2 Å². The molecule has 12 aromatic rings. The summed E-state index contributed by atoms with van der Waals surface area (Å²) in [7, 11) is 0. The van der Waals surface area contributed by atoms with Gasteiger partial charge < -0.3 is 0 Å². The fourth-order valence-corrected chi connectivity index (χ4v) is 12.3. The molecule has 1 aromatic heterocycles. The highest BCUT2D eigenvalue weighted by Crippen LogP contribution is 2.55. The van der Waals surface area contributed by atoms with Gasteiger partial charge in [0, 0.05) is 27.5 Å². The monoisotopic (exact) mass is 945 g/mol. The minimum Gasteiger partial charge on any atom is -0.208 e. The van der Waals surface area contributed by atoms with Crippen molar-refractivity contribution in [2.45, 2.75) is 38.5 Å². The summed E-state index contributed by atoms with van der Waals surface area (Å²) >= 11 is 0. The van der Waals surface area contributed by atoms with Crippen molar-refractivity contribution in [3.63, 3.8) is 0 Å². The molecule has 0 saturated carbocycles. The third-order valence-electron chi connectivity index (χ3n) is 16.1. The van der Waals surface area contributed by atoms with E-state index in [0.717, 1.165) is 50.1 Å². The number of benzene rings is 11. The van der Waals surface area contributed by atoms with Crippen LogP contribution in [0, 0.1) is 0 Å². The van der Waals surface area contributed by atoms with Crippen LogP contribution in [0.3, 0.4) is 0 Å². The molecule has 0 atom stereocenters. The van der Waals surface area contributed by atoms with E-state index < -0.39 is 0 Å². The minimum atomic E-state index is -0.202. The number of hydrogen-bond acceptors (Lipinski definition) is 3. The van der Waals surface area contributed by atoms with Gasteiger partial charge in [-0.3, -0.25) is 0 Å². The lowest BCUT2D eigenvalue weighted by Crippen LogP contribution is -2.15. The lowest BCUT2D eigenvalue weighted by atomic mass is 9.79. The van der Waals surface area contributed by atoms with E-state index in [1.807, 2.05) is 0 Å². The van der Waals surface area contributed by atoms with Crippen molar-refractivity contribution in [2.24, 2.45) is 0 Å². The number of hydrogen-bond donors (Lipinski definition) is 0. The van der Waals surface area contributed by atoms with Crippen molar-refractivity contribution in [1.29, 1.82) is 0 Å². The Labute approximate surface area is 432 Å². The Bertz CT molecular complexity index is 3940. The zero-order chi connectivity index (χ0) is 49.7. The molecule has 0 unspecified atom stereocenters. The molecule has 0 spiro atoms. The van der Waals surface area contributed by atoms with Gasteiger partial charge in [-0.25, -0.2) is 15.0 Å². The molecule has 74 heavy (non-hydrogen) atoms. The normalized spacial score (nSPS) is 13.6. The molecule has 3 heteroatoms. The van der Waals surface area contributed by atoms with Crippen molar-refractivity contribution in [3.05, 3.63) is 259 Å². The molecule has 14 rings (SSSR count). The van der Waals surface area contributed by atoms with Crippen LogP contribution in [0.2, 0.25) is 0 Å². The third-order valence-corrected chi connectivity index (χ3v) is 16.1. The molecular weight excluding hydrogens is 895 g/mol. The zero-order valence-electron chi connectivity index (χ0n) is 41.9. The van der Waals surface area contributed by atoms with Crippen LogP contribution in [0.4, 0.5) is 0 Å². The predicted molar refractivity (Wildman–Crippen MR) is 308 cm³/mol. The molecular formula is C71H51N3. The molecule has 0 saturated heterocycles. The molecule has 0 radical (unpaired) electrons. The molecule has 2 aliphatic rings. The van der Waals surface area contributed by atoms with Crippen LogP contribution in [0.1, 0.15) is 49.9 Å². The molecule has 0 fully saturated rings. The van der Waals surface area contributed by atoms with Crippen LogP contribution >= 0.6 is 0 Å². The maximum Gasteiger partial charge on any atom is 0.164 e. The first-order chi connectivity index (χ1) is 36.2. The van der Waals surface area contributed by atoms with Crippen LogP contribution < -0.4 is 0 Å². The first-order valence-corrected chi connectivity index (χ1v) is 25.8. The lowest BCUT2D eigenvalue weighted by Gasteiger charge is -2.24. The Kier molecular flexibility index (Phi) is 9.90. The van der Waals surface area contributed by atoms with Crippen molar-refractivity contribution in [2.75, 3.05) is 0 Å². The Hall–Kier alpha value is -9.05. The fraction of sp³-hybridized carbons (Fsp3) is 0.0845. The van der Waals surface area contributed by atoms with E-state index in [0.29, 0.717) is 17.5 Å². The Balaban J connectivity index is 1.03. The molecule has 0 bridgehead atoms. The molecule has 11 aromatic carbocycles. The molecule has 0 N–H and O–H groups in total. The van der Waals surface area contributed by atoms with Gasteiger partial charge in [-0.05, 0) is 141 Å². The Morgan fingerprint density at radius 3 is 0.959 bits per heavy atom. The van der Waals surface area contributed by atoms with Crippen molar-refractivity contribution < 1.29 is 0 Å². The highest BCUT2D eigenvalue weighted by Gasteiger charge is 2.39. The van der Waals surface area contributed by atoms with Gasteiger partial charge in [0.2, 0.25) is 0 Å². The standard InChI is InChI=1S/C71H51N3/c1-70(2)61-29-17-15-27-57(61)65-55-25-13-11-23-53(55)59(42-63(65)70)50-39-51(60-43-64-66(56-26-14-12-24-54(56)60)58-28-16-18-30-62(58)71(64,3)4)41-52(40-50)69-73-67(48-35-31-46(32-36-48)44-19-7-5-8-20-44)72-68(74-69)49-37-33-47(34-38-49)45-21-9-6-10-22-45/h5-43H,1-4H3. The minimum absolute atomic E-state index is 0.202. The first kappa shape index (κ1) is 43.7. The van der Waals surface area contributed by atoms with Gasteiger partial charge in [0.25, 0.3) is 0 Å². The van der Waals surface area contributed by atoms with Gasteiger partial charge in [-0.15, -0.1) is 0 Å². The number of nitrogens with zero attached hydrogens (tertiary/aromatic N) is 3. The number of aromatic nitrogens is 3. The van der Waals surface area contributed by atoms with Crippen LogP contribution in [0.5, 0.6) is 0 Å². The molecule has 3 nitrogen and oxygen atoms in total. The van der Waals surface area contributed by atoms with E-state index in [9.17, 15) is 0 Å². The first-order valence-electron chi connectivity index (χ1n) is 25.8. The highest BCUT2D eigenvalue weighted by molar-refractivity contribution is 6.12. The van der Waals surface area contributed by atoms with Gasteiger partial charge in [-0.1, -0.05) is 234 Å². The van der Waals surface area contributed by atoms with Gasteiger partial charge in [0.1, 0.15) is 0 Å². The number of rotatable bonds is 7. The van der Waals surface area contributed by atoms with E-state index in [4.69, 9.17) is 15.0 Å². The summed E-state index contributed by atoms with van der Waals surface area (Å²) in [6, 6.07) is 86.1. The maximum absolute atomic E-state index is 5.45. The van der Waals surface area contributed by atoms with Crippen LogP contribution in [-0.2, 0) is 10.8 Å². The van der Waals surface area contributed by atoms with Crippen molar-refractivity contribution >= 4 is 21.5 Å². The summed E-state index contributed by atoms with van der Waals surface area (Å²) in [5, 5.41) is 4.95. The van der Waals surface area contributed by atoms with E-state index in [2.05, 4.69) is 264 Å². The molecule has 0 aliphatic heterocycles. The molecule has 2 aliphatic carbocycles. The second-order valence-electron chi connectivity index (χ2n) is 21.1. The fourth-order valence-electron chi connectivity index (χ4n) is 12.3. The average Bonchev–Trinajstić information content (AvgIpc) is 3.85. The van der Waals surface area contributed by atoms with Gasteiger partial charge in [0.15, 0.2) is 17.5 Å². The van der Waals surface area contributed by atoms with Crippen molar-refractivity contribution in [1.82, 2.24) is 15.0 Å². The summed E-state index contributed by atoms with van der Waals surface area (Å²) < 4.78 is 0.